The van der Waals surface area contributed by atoms with Crippen LogP contribution in [0.15, 0.2) is 77.7 Å². The first-order chi connectivity index (χ1) is 19.5. The fraction of sp³-hybridized carbons (Fsp3) is 0.333. The van der Waals surface area contributed by atoms with E-state index in [2.05, 4.69) is 5.32 Å². The zero-order valence-electron chi connectivity index (χ0n) is 23.5. The predicted octanol–water partition coefficient (Wildman–Crippen LogP) is 5.41. The molecular formula is C30H35ClFN3O5S. The fourth-order valence-electron chi connectivity index (χ4n) is 4.25. The summed E-state index contributed by atoms with van der Waals surface area (Å²) in [5.41, 5.74) is 0.802. The van der Waals surface area contributed by atoms with Crippen LogP contribution in [-0.2, 0) is 26.2 Å². The summed E-state index contributed by atoms with van der Waals surface area (Å²) in [6.45, 7) is 7.01. The molecule has 0 aliphatic heterocycles. The van der Waals surface area contributed by atoms with Crippen molar-refractivity contribution in [2.24, 2.45) is 0 Å². The Hall–Kier alpha value is -3.63. The number of ether oxygens (including phenoxy) is 1. The average Bonchev–Trinajstić information content (AvgIpc) is 2.93. The summed E-state index contributed by atoms with van der Waals surface area (Å²) in [6, 6.07) is 16.5. The van der Waals surface area contributed by atoms with E-state index in [1.54, 1.807) is 43.3 Å². The zero-order valence-corrected chi connectivity index (χ0v) is 25.1. The van der Waals surface area contributed by atoms with Crippen molar-refractivity contribution in [1.82, 2.24) is 10.2 Å². The molecule has 3 aromatic rings. The molecule has 0 aliphatic carbocycles. The van der Waals surface area contributed by atoms with Crippen LogP contribution in [0.2, 0.25) is 5.02 Å². The third-order valence-corrected chi connectivity index (χ3v) is 8.39. The lowest BCUT2D eigenvalue weighted by molar-refractivity contribution is -0.140. The Morgan fingerprint density at radius 1 is 0.976 bits per heavy atom. The molecule has 2 amide bonds. The van der Waals surface area contributed by atoms with Gasteiger partial charge >= 0.3 is 0 Å². The summed E-state index contributed by atoms with van der Waals surface area (Å²) in [6.07, 6.45) is 0.280. The molecule has 220 valence electrons. The molecule has 3 rings (SSSR count). The molecule has 11 heteroatoms. The van der Waals surface area contributed by atoms with Gasteiger partial charge in [0.25, 0.3) is 10.0 Å². The summed E-state index contributed by atoms with van der Waals surface area (Å²) in [4.78, 5) is 28.4. The maximum atomic E-state index is 14.0. The molecule has 0 fully saturated rings. The van der Waals surface area contributed by atoms with E-state index in [4.69, 9.17) is 16.3 Å². The second-order valence-corrected chi connectivity index (χ2v) is 11.9. The topological polar surface area (TPSA) is 96.0 Å². The Morgan fingerprint density at radius 3 is 2.17 bits per heavy atom. The number of anilines is 1. The second kappa shape index (κ2) is 14.3. The highest BCUT2D eigenvalue weighted by molar-refractivity contribution is 7.92. The molecule has 0 aromatic heterocycles. The van der Waals surface area contributed by atoms with Crippen LogP contribution in [-0.4, -0.2) is 50.4 Å². The average molecular weight is 604 g/mol. The molecule has 0 bridgehead atoms. The number of nitrogens with zero attached hydrogens (tertiary/aromatic N) is 2. The van der Waals surface area contributed by atoms with Gasteiger partial charge in [-0.05, 0) is 87.4 Å². The molecule has 0 saturated carbocycles. The maximum Gasteiger partial charge on any atom is 0.264 e. The first-order valence-corrected chi connectivity index (χ1v) is 15.1. The standard InChI is InChI=1S/C30H35ClFN3O5S/c1-5-28(30(37)33-21(3)4)34(19-22-9-7-8-10-27(22)31)29(36)20-35(24-13-15-25(16-14-24)40-6-2)41(38,39)26-17-11-23(32)12-18-26/h7-18,21,28H,5-6,19-20H2,1-4H3,(H,33,37)/t28-/m1/s1. The van der Waals surface area contributed by atoms with E-state index in [1.165, 1.54) is 17.0 Å². The fourth-order valence-corrected chi connectivity index (χ4v) is 5.86. The lowest BCUT2D eigenvalue weighted by atomic mass is 10.1. The second-order valence-electron chi connectivity index (χ2n) is 9.59. The quantitative estimate of drug-likeness (QED) is 0.282. The van der Waals surface area contributed by atoms with Gasteiger partial charge in [0, 0.05) is 17.6 Å². The molecule has 0 saturated heterocycles. The number of carbonyl (C=O) groups excluding carboxylic acids is 2. The van der Waals surface area contributed by atoms with E-state index in [0.29, 0.717) is 22.9 Å². The van der Waals surface area contributed by atoms with Gasteiger partial charge in [-0.1, -0.05) is 36.7 Å². The molecule has 0 aliphatic rings. The molecule has 41 heavy (non-hydrogen) atoms. The van der Waals surface area contributed by atoms with E-state index < -0.39 is 34.3 Å². The zero-order chi connectivity index (χ0) is 30.2. The molecule has 3 aromatic carbocycles. The van der Waals surface area contributed by atoms with Crippen molar-refractivity contribution in [2.75, 3.05) is 17.5 Å². The summed E-state index contributed by atoms with van der Waals surface area (Å²) in [5, 5.41) is 3.26. The molecule has 0 unspecified atom stereocenters. The van der Waals surface area contributed by atoms with Crippen LogP contribution < -0.4 is 14.4 Å². The largest absolute Gasteiger partial charge is 0.494 e. The van der Waals surface area contributed by atoms with Crippen molar-refractivity contribution >= 4 is 39.1 Å². The number of hydrogen-bond donors (Lipinski definition) is 1. The van der Waals surface area contributed by atoms with Crippen LogP contribution in [0, 0.1) is 5.82 Å². The molecule has 1 atom stereocenters. The van der Waals surface area contributed by atoms with Crippen molar-refractivity contribution in [3.63, 3.8) is 0 Å². The highest BCUT2D eigenvalue weighted by Crippen LogP contribution is 2.27. The monoisotopic (exact) mass is 603 g/mol. The van der Waals surface area contributed by atoms with Gasteiger partial charge in [0.15, 0.2) is 0 Å². The molecule has 0 radical (unpaired) electrons. The van der Waals surface area contributed by atoms with Crippen LogP contribution in [0.1, 0.15) is 39.7 Å². The minimum absolute atomic E-state index is 0.0176. The van der Waals surface area contributed by atoms with Crippen molar-refractivity contribution in [3.05, 3.63) is 89.2 Å². The molecular weight excluding hydrogens is 569 g/mol. The molecule has 8 nitrogen and oxygen atoms in total. The highest BCUT2D eigenvalue weighted by Gasteiger charge is 2.34. The van der Waals surface area contributed by atoms with Gasteiger partial charge in [0.2, 0.25) is 11.8 Å². The van der Waals surface area contributed by atoms with Crippen molar-refractivity contribution in [2.45, 2.75) is 57.6 Å². The van der Waals surface area contributed by atoms with Gasteiger partial charge < -0.3 is 15.0 Å². The van der Waals surface area contributed by atoms with Gasteiger partial charge in [-0.25, -0.2) is 12.8 Å². The Balaban J connectivity index is 2.07. The molecule has 0 spiro atoms. The van der Waals surface area contributed by atoms with Crippen LogP contribution >= 0.6 is 11.6 Å². The van der Waals surface area contributed by atoms with Crippen molar-refractivity contribution in [1.29, 1.82) is 0 Å². The number of rotatable bonds is 13. The number of halogens is 2. The lowest BCUT2D eigenvalue weighted by Crippen LogP contribution is -2.53. The van der Waals surface area contributed by atoms with E-state index in [9.17, 15) is 22.4 Å². The Labute approximate surface area is 246 Å². The lowest BCUT2D eigenvalue weighted by Gasteiger charge is -2.33. The van der Waals surface area contributed by atoms with E-state index in [-0.39, 0.29) is 35.5 Å². The number of nitrogens with one attached hydrogen (secondary N) is 1. The van der Waals surface area contributed by atoms with Crippen LogP contribution in [0.3, 0.4) is 0 Å². The third kappa shape index (κ3) is 8.20. The number of benzene rings is 3. The summed E-state index contributed by atoms with van der Waals surface area (Å²) in [5.74, 6) is -1.05. The van der Waals surface area contributed by atoms with E-state index in [0.717, 1.165) is 28.6 Å². The Bertz CT molecular complexity index is 1430. The van der Waals surface area contributed by atoms with Gasteiger partial charge in [0.1, 0.15) is 24.2 Å². The van der Waals surface area contributed by atoms with Gasteiger partial charge in [0.05, 0.1) is 17.2 Å². The minimum Gasteiger partial charge on any atom is -0.494 e. The summed E-state index contributed by atoms with van der Waals surface area (Å²) in [7, 11) is -4.33. The van der Waals surface area contributed by atoms with E-state index >= 15 is 0 Å². The number of carbonyl (C=O) groups is 2. The highest BCUT2D eigenvalue weighted by atomic mass is 35.5. The Kier molecular flexibility index (Phi) is 11.1. The normalized spacial score (nSPS) is 12.1. The van der Waals surface area contributed by atoms with Crippen LogP contribution in [0.5, 0.6) is 5.75 Å². The number of sulfonamides is 1. The Morgan fingerprint density at radius 2 is 1.61 bits per heavy atom. The summed E-state index contributed by atoms with van der Waals surface area (Å²) < 4.78 is 47.8. The number of amides is 2. The van der Waals surface area contributed by atoms with Gasteiger partial charge in [-0.15, -0.1) is 0 Å². The number of hydrogen-bond acceptors (Lipinski definition) is 5. The first-order valence-electron chi connectivity index (χ1n) is 13.3. The van der Waals surface area contributed by atoms with Crippen molar-refractivity contribution < 1.29 is 27.1 Å². The van der Waals surface area contributed by atoms with Crippen LogP contribution in [0.4, 0.5) is 10.1 Å². The maximum absolute atomic E-state index is 14.0. The van der Waals surface area contributed by atoms with Crippen molar-refractivity contribution in [3.8, 4) is 5.75 Å². The third-order valence-electron chi connectivity index (χ3n) is 6.23. The molecule has 0 heterocycles. The smallest absolute Gasteiger partial charge is 0.264 e. The predicted molar refractivity (Wildman–Crippen MR) is 158 cm³/mol. The first kappa shape index (κ1) is 31.9. The van der Waals surface area contributed by atoms with Gasteiger partial charge in [-0.2, -0.15) is 0 Å². The van der Waals surface area contributed by atoms with Crippen LogP contribution in [0.25, 0.3) is 0 Å². The minimum atomic E-state index is -4.33. The summed E-state index contributed by atoms with van der Waals surface area (Å²) >= 11 is 6.40. The van der Waals surface area contributed by atoms with Gasteiger partial charge in [-0.3, -0.25) is 13.9 Å². The SMILES string of the molecule is CCOc1ccc(N(CC(=O)N(Cc2ccccc2Cl)[C@H](CC)C(=O)NC(C)C)S(=O)(=O)c2ccc(F)cc2)cc1. The van der Waals surface area contributed by atoms with E-state index in [1.807, 2.05) is 20.8 Å². The molecule has 1 N–H and O–H groups in total.